The van der Waals surface area contributed by atoms with Crippen LogP contribution in [0.1, 0.15) is 26.2 Å². The Bertz CT molecular complexity index is 237. The molecule has 2 saturated heterocycles. The van der Waals surface area contributed by atoms with Crippen molar-refractivity contribution in [2.75, 3.05) is 19.6 Å². The van der Waals surface area contributed by atoms with Crippen LogP contribution in [-0.2, 0) is 0 Å². The topological polar surface area (TPSA) is 35.5 Å². The molecule has 0 radical (unpaired) electrons. The first-order valence-corrected chi connectivity index (χ1v) is 5.88. The number of likely N-dealkylation sites (tertiary alicyclic amines) is 1. The molecule has 0 bridgehead atoms. The van der Waals surface area contributed by atoms with Crippen molar-refractivity contribution in [3.63, 3.8) is 0 Å². The molecule has 3 heteroatoms. The van der Waals surface area contributed by atoms with Crippen LogP contribution in [0.15, 0.2) is 0 Å². The SMILES string of the molecule is CC1CC(O)(C2CNC2)CN1C1CC1. The first-order valence-electron chi connectivity index (χ1n) is 5.88. The summed E-state index contributed by atoms with van der Waals surface area (Å²) in [6, 6.07) is 1.39. The van der Waals surface area contributed by atoms with Gasteiger partial charge in [-0.25, -0.2) is 0 Å². The van der Waals surface area contributed by atoms with Gasteiger partial charge in [0.1, 0.15) is 0 Å². The molecule has 80 valence electrons. The lowest BCUT2D eigenvalue weighted by Gasteiger charge is -2.39. The highest BCUT2D eigenvalue weighted by atomic mass is 16.3. The molecule has 3 nitrogen and oxygen atoms in total. The summed E-state index contributed by atoms with van der Waals surface area (Å²) in [6.45, 7) is 5.22. The minimum atomic E-state index is -0.382. The second-order valence-corrected chi connectivity index (χ2v) is 5.42. The van der Waals surface area contributed by atoms with Crippen LogP contribution in [0.2, 0.25) is 0 Å². The van der Waals surface area contributed by atoms with Crippen LogP contribution in [0.3, 0.4) is 0 Å². The summed E-state index contributed by atoms with van der Waals surface area (Å²) in [5.74, 6) is 0.508. The molecule has 0 amide bonds. The van der Waals surface area contributed by atoms with E-state index in [1.165, 1.54) is 12.8 Å². The Kier molecular flexibility index (Phi) is 1.92. The van der Waals surface area contributed by atoms with Crippen molar-refractivity contribution in [3.8, 4) is 0 Å². The van der Waals surface area contributed by atoms with Gasteiger partial charge in [0.2, 0.25) is 0 Å². The Morgan fingerprint density at radius 3 is 2.57 bits per heavy atom. The molecule has 2 unspecified atom stereocenters. The molecule has 1 saturated carbocycles. The second-order valence-electron chi connectivity index (χ2n) is 5.42. The zero-order chi connectivity index (χ0) is 9.76. The molecule has 0 spiro atoms. The first-order chi connectivity index (χ1) is 6.69. The number of hydrogen-bond acceptors (Lipinski definition) is 3. The maximum absolute atomic E-state index is 10.5. The van der Waals surface area contributed by atoms with Gasteiger partial charge < -0.3 is 10.4 Å². The lowest BCUT2D eigenvalue weighted by Crippen LogP contribution is -2.57. The maximum Gasteiger partial charge on any atom is 0.0841 e. The highest BCUT2D eigenvalue weighted by Gasteiger charge is 2.51. The molecular weight excluding hydrogens is 176 g/mol. The zero-order valence-corrected chi connectivity index (χ0v) is 8.87. The highest BCUT2D eigenvalue weighted by Crippen LogP contribution is 2.40. The van der Waals surface area contributed by atoms with Gasteiger partial charge in [0.25, 0.3) is 0 Å². The van der Waals surface area contributed by atoms with Crippen LogP contribution < -0.4 is 5.32 Å². The molecule has 1 aliphatic carbocycles. The van der Waals surface area contributed by atoms with E-state index >= 15 is 0 Å². The van der Waals surface area contributed by atoms with E-state index in [2.05, 4.69) is 17.1 Å². The first kappa shape index (κ1) is 9.13. The van der Waals surface area contributed by atoms with Crippen molar-refractivity contribution in [2.45, 2.75) is 43.9 Å². The molecule has 0 aromatic heterocycles. The van der Waals surface area contributed by atoms with Crippen molar-refractivity contribution in [1.82, 2.24) is 10.2 Å². The highest BCUT2D eigenvalue weighted by molar-refractivity contribution is 5.06. The van der Waals surface area contributed by atoms with Crippen LogP contribution in [-0.4, -0.2) is 47.3 Å². The summed E-state index contributed by atoms with van der Waals surface area (Å²) in [5.41, 5.74) is -0.382. The van der Waals surface area contributed by atoms with Gasteiger partial charge in [0.05, 0.1) is 5.60 Å². The fourth-order valence-electron chi connectivity index (χ4n) is 3.02. The third-order valence-corrected chi connectivity index (χ3v) is 4.23. The zero-order valence-electron chi connectivity index (χ0n) is 8.87. The molecule has 2 heterocycles. The smallest absolute Gasteiger partial charge is 0.0841 e. The molecular formula is C11H20N2O. The number of rotatable bonds is 2. The van der Waals surface area contributed by atoms with Crippen molar-refractivity contribution in [2.24, 2.45) is 5.92 Å². The van der Waals surface area contributed by atoms with Gasteiger partial charge in [-0.15, -0.1) is 0 Å². The van der Waals surface area contributed by atoms with Crippen LogP contribution in [0.5, 0.6) is 0 Å². The van der Waals surface area contributed by atoms with Crippen molar-refractivity contribution in [1.29, 1.82) is 0 Å². The fraction of sp³-hybridized carbons (Fsp3) is 1.00. The Labute approximate surface area is 85.5 Å². The predicted octanol–water partition coefficient (Wildman–Crippen LogP) is 0.193. The predicted molar refractivity (Wildman–Crippen MR) is 55.1 cm³/mol. The van der Waals surface area contributed by atoms with Gasteiger partial charge in [0.15, 0.2) is 0 Å². The van der Waals surface area contributed by atoms with Gasteiger partial charge >= 0.3 is 0 Å². The Balaban J connectivity index is 1.70. The summed E-state index contributed by atoms with van der Waals surface area (Å²) in [6.07, 6.45) is 3.68. The fourth-order valence-corrected chi connectivity index (χ4v) is 3.02. The third kappa shape index (κ3) is 1.30. The number of β-amino-alcohol motifs (C(OH)–C–C–N with tert-alkyl or cyclic N) is 1. The molecule has 3 rings (SSSR count). The number of aliphatic hydroxyl groups is 1. The molecule has 3 aliphatic rings. The van der Waals surface area contributed by atoms with E-state index < -0.39 is 0 Å². The van der Waals surface area contributed by atoms with Crippen molar-refractivity contribution < 1.29 is 5.11 Å². The lowest BCUT2D eigenvalue weighted by atomic mass is 9.81. The van der Waals surface area contributed by atoms with E-state index in [1.807, 2.05) is 0 Å². The molecule has 14 heavy (non-hydrogen) atoms. The summed E-state index contributed by atoms with van der Waals surface area (Å²) in [7, 11) is 0. The number of hydrogen-bond donors (Lipinski definition) is 2. The van der Waals surface area contributed by atoms with Crippen LogP contribution in [0.4, 0.5) is 0 Å². The normalized spacial score (nSPS) is 45.4. The average molecular weight is 196 g/mol. The Morgan fingerprint density at radius 1 is 1.36 bits per heavy atom. The minimum Gasteiger partial charge on any atom is -0.388 e. The van der Waals surface area contributed by atoms with Crippen molar-refractivity contribution >= 4 is 0 Å². The van der Waals surface area contributed by atoms with E-state index in [0.29, 0.717) is 12.0 Å². The largest absolute Gasteiger partial charge is 0.388 e. The second kappa shape index (κ2) is 2.94. The van der Waals surface area contributed by atoms with E-state index in [9.17, 15) is 5.11 Å². The average Bonchev–Trinajstić information content (AvgIpc) is 2.75. The third-order valence-electron chi connectivity index (χ3n) is 4.23. The van der Waals surface area contributed by atoms with E-state index in [-0.39, 0.29) is 5.60 Å². The van der Waals surface area contributed by atoms with Crippen LogP contribution in [0.25, 0.3) is 0 Å². The van der Waals surface area contributed by atoms with Crippen molar-refractivity contribution in [3.05, 3.63) is 0 Å². The summed E-state index contributed by atoms with van der Waals surface area (Å²) in [5, 5.41) is 13.8. The van der Waals surface area contributed by atoms with Crippen LogP contribution in [0, 0.1) is 5.92 Å². The number of nitrogens with zero attached hydrogens (tertiary/aromatic N) is 1. The monoisotopic (exact) mass is 196 g/mol. The van der Waals surface area contributed by atoms with E-state index in [1.54, 1.807) is 0 Å². The standard InChI is InChI=1S/C11H20N2O/c1-8-4-11(14,9-5-12-6-9)7-13(8)10-2-3-10/h8-10,12,14H,2-7H2,1H3. The number of nitrogens with one attached hydrogen (secondary N) is 1. The van der Waals surface area contributed by atoms with Gasteiger partial charge in [-0.3, -0.25) is 4.90 Å². The van der Waals surface area contributed by atoms with Gasteiger partial charge in [0, 0.05) is 37.6 Å². The van der Waals surface area contributed by atoms with Gasteiger partial charge in [-0.2, -0.15) is 0 Å². The van der Waals surface area contributed by atoms with Crippen LogP contribution >= 0.6 is 0 Å². The molecule has 2 atom stereocenters. The molecule has 0 aromatic rings. The van der Waals surface area contributed by atoms with Gasteiger partial charge in [-0.05, 0) is 26.2 Å². The molecule has 3 fully saturated rings. The summed E-state index contributed by atoms with van der Waals surface area (Å²) < 4.78 is 0. The van der Waals surface area contributed by atoms with E-state index in [0.717, 1.165) is 32.1 Å². The quantitative estimate of drug-likeness (QED) is 0.662. The van der Waals surface area contributed by atoms with Gasteiger partial charge in [-0.1, -0.05) is 0 Å². The lowest BCUT2D eigenvalue weighted by molar-refractivity contribution is -0.0302. The molecule has 0 aromatic carbocycles. The summed E-state index contributed by atoms with van der Waals surface area (Å²) in [4.78, 5) is 2.53. The molecule has 2 N–H and O–H groups in total. The summed E-state index contributed by atoms with van der Waals surface area (Å²) >= 11 is 0. The Morgan fingerprint density at radius 2 is 2.07 bits per heavy atom. The minimum absolute atomic E-state index is 0.382. The Hall–Kier alpha value is -0.120. The van der Waals surface area contributed by atoms with E-state index in [4.69, 9.17) is 0 Å². The maximum atomic E-state index is 10.5. The molecule has 2 aliphatic heterocycles.